The van der Waals surface area contributed by atoms with Crippen LogP contribution in [0.4, 0.5) is 0 Å². The van der Waals surface area contributed by atoms with Gasteiger partial charge in [-0.2, -0.15) is 0 Å². The molecule has 3 nitrogen and oxygen atoms in total. The molecule has 102 valence electrons. The molecule has 0 aliphatic carbocycles. The first-order chi connectivity index (χ1) is 8.15. The van der Waals surface area contributed by atoms with Gasteiger partial charge < -0.3 is 10.1 Å². The van der Waals surface area contributed by atoms with Crippen molar-refractivity contribution in [3.8, 4) is 0 Å². The fourth-order valence-corrected chi connectivity index (χ4v) is 2.58. The summed E-state index contributed by atoms with van der Waals surface area (Å²) in [5.41, 5.74) is 0. The largest absolute Gasteiger partial charge is 0.385 e. The van der Waals surface area contributed by atoms with E-state index in [-0.39, 0.29) is 0 Å². The van der Waals surface area contributed by atoms with Crippen LogP contribution in [0.5, 0.6) is 0 Å². The molecule has 0 radical (unpaired) electrons. The van der Waals surface area contributed by atoms with Crippen molar-refractivity contribution in [3.05, 3.63) is 0 Å². The molecule has 1 fully saturated rings. The van der Waals surface area contributed by atoms with Gasteiger partial charge in [-0.25, -0.2) is 0 Å². The van der Waals surface area contributed by atoms with Gasteiger partial charge >= 0.3 is 0 Å². The van der Waals surface area contributed by atoms with E-state index in [1.54, 1.807) is 7.11 Å². The van der Waals surface area contributed by atoms with E-state index in [0.717, 1.165) is 25.5 Å². The van der Waals surface area contributed by atoms with Crippen LogP contribution >= 0.6 is 0 Å². The second-order valence-corrected chi connectivity index (χ2v) is 5.65. The van der Waals surface area contributed by atoms with Gasteiger partial charge in [-0.3, -0.25) is 4.90 Å². The maximum atomic E-state index is 5.12. The van der Waals surface area contributed by atoms with Crippen LogP contribution in [0, 0.1) is 5.92 Å². The Labute approximate surface area is 107 Å². The molecular weight excluding hydrogens is 212 g/mol. The zero-order valence-electron chi connectivity index (χ0n) is 12.0. The number of methoxy groups -OCH3 is 1. The van der Waals surface area contributed by atoms with E-state index in [1.165, 1.54) is 25.9 Å². The lowest BCUT2D eigenvalue weighted by atomic mass is 10.0. The summed E-state index contributed by atoms with van der Waals surface area (Å²) in [5.74, 6) is 0.732. The van der Waals surface area contributed by atoms with Gasteiger partial charge in [0.25, 0.3) is 0 Å². The fourth-order valence-electron chi connectivity index (χ4n) is 2.58. The smallest absolute Gasteiger partial charge is 0.0476 e. The Morgan fingerprint density at radius 2 is 1.82 bits per heavy atom. The summed E-state index contributed by atoms with van der Waals surface area (Å²) in [7, 11) is 1.77. The molecule has 2 atom stereocenters. The number of nitrogens with zero attached hydrogens (tertiary/aromatic N) is 1. The molecule has 2 unspecified atom stereocenters. The van der Waals surface area contributed by atoms with Crippen molar-refractivity contribution < 1.29 is 4.74 Å². The van der Waals surface area contributed by atoms with Gasteiger partial charge in [-0.15, -0.1) is 0 Å². The summed E-state index contributed by atoms with van der Waals surface area (Å²) in [6.45, 7) is 11.5. The minimum absolute atomic E-state index is 0.554. The molecule has 3 heteroatoms. The predicted octanol–water partition coefficient (Wildman–Crippen LogP) is 2.12. The van der Waals surface area contributed by atoms with Gasteiger partial charge in [0.15, 0.2) is 0 Å². The topological polar surface area (TPSA) is 24.5 Å². The summed E-state index contributed by atoms with van der Waals surface area (Å²) >= 11 is 0. The third-order valence-electron chi connectivity index (χ3n) is 3.81. The molecule has 0 saturated carbocycles. The van der Waals surface area contributed by atoms with Crippen LogP contribution < -0.4 is 5.32 Å². The molecule has 1 rings (SSSR count). The van der Waals surface area contributed by atoms with E-state index in [9.17, 15) is 0 Å². The lowest BCUT2D eigenvalue weighted by molar-refractivity contribution is 0.167. The van der Waals surface area contributed by atoms with Gasteiger partial charge in [0.2, 0.25) is 0 Å². The molecule has 1 heterocycles. The zero-order valence-corrected chi connectivity index (χ0v) is 12.0. The molecule has 0 bridgehead atoms. The standard InChI is InChI=1S/C14H30N2O/c1-12(2)14(16-8-5-6-9-16)11-15-13(3)7-10-17-4/h12-15H,5-11H2,1-4H3. The normalized spacial score (nSPS) is 21.0. The Bertz CT molecular complexity index is 191. The lowest BCUT2D eigenvalue weighted by Gasteiger charge is -2.32. The van der Waals surface area contributed by atoms with Gasteiger partial charge in [0.1, 0.15) is 0 Å². The SMILES string of the molecule is COCCC(C)NCC(C(C)C)N1CCCC1. The summed E-state index contributed by atoms with van der Waals surface area (Å²) in [4.78, 5) is 2.65. The minimum Gasteiger partial charge on any atom is -0.385 e. The van der Waals surface area contributed by atoms with Gasteiger partial charge in [-0.1, -0.05) is 13.8 Å². The van der Waals surface area contributed by atoms with E-state index in [4.69, 9.17) is 4.74 Å². The second-order valence-electron chi connectivity index (χ2n) is 5.65. The quantitative estimate of drug-likeness (QED) is 0.705. The average Bonchev–Trinajstić information content (AvgIpc) is 2.79. The van der Waals surface area contributed by atoms with E-state index in [2.05, 4.69) is 31.0 Å². The van der Waals surface area contributed by atoms with E-state index in [0.29, 0.717) is 12.1 Å². The highest BCUT2D eigenvalue weighted by Gasteiger charge is 2.24. The van der Waals surface area contributed by atoms with Gasteiger partial charge in [-0.05, 0) is 45.2 Å². The highest BCUT2D eigenvalue weighted by molar-refractivity contribution is 4.81. The molecule has 1 N–H and O–H groups in total. The Kier molecular flexibility index (Phi) is 7.09. The number of hydrogen-bond donors (Lipinski definition) is 1. The first-order valence-corrected chi connectivity index (χ1v) is 7.11. The Morgan fingerprint density at radius 1 is 1.18 bits per heavy atom. The van der Waals surface area contributed by atoms with Crippen molar-refractivity contribution in [2.75, 3.05) is 33.4 Å². The molecule has 1 aliphatic rings. The molecule has 0 amide bonds. The van der Waals surface area contributed by atoms with E-state index in [1.807, 2.05) is 0 Å². The average molecular weight is 242 g/mol. The first kappa shape index (κ1) is 14.9. The van der Waals surface area contributed by atoms with Crippen LogP contribution in [-0.2, 0) is 4.74 Å². The van der Waals surface area contributed by atoms with Gasteiger partial charge in [0, 0.05) is 32.3 Å². The molecular formula is C14H30N2O. The van der Waals surface area contributed by atoms with Crippen LogP contribution in [0.25, 0.3) is 0 Å². The Hall–Kier alpha value is -0.120. The predicted molar refractivity (Wildman–Crippen MR) is 73.4 cm³/mol. The van der Waals surface area contributed by atoms with Crippen molar-refractivity contribution in [1.29, 1.82) is 0 Å². The number of hydrogen-bond acceptors (Lipinski definition) is 3. The van der Waals surface area contributed by atoms with Crippen LogP contribution in [0.3, 0.4) is 0 Å². The third-order valence-corrected chi connectivity index (χ3v) is 3.81. The number of ether oxygens (including phenoxy) is 1. The molecule has 0 aromatic carbocycles. The van der Waals surface area contributed by atoms with Crippen LogP contribution in [0.1, 0.15) is 40.0 Å². The number of likely N-dealkylation sites (tertiary alicyclic amines) is 1. The van der Waals surface area contributed by atoms with Crippen molar-refractivity contribution in [1.82, 2.24) is 10.2 Å². The van der Waals surface area contributed by atoms with Crippen LogP contribution in [0.15, 0.2) is 0 Å². The van der Waals surface area contributed by atoms with Gasteiger partial charge in [0.05, 0.1) is 0 Å². The number of rotatable bonds is 8. The molecule has 17 heavy (non-hydrogen) atoms. The number of nitrogens with one attached hydrogen (secondary N) is 1. The lowest BCUT2D eigenvalue weighted by Crippen LogP contribution is -2.46. The molecule has 0 aromatic rings. The van der Waals surface area contributed by atoms with E-state index >= 15 is 0 Å². The molecule has 0 aromatic heterocycles. The highest BCUT2D eigenvalue weighted by atomic mass is 16.5. The summed E-state index contributed by atoms with van der Waals surface area (Å²) < 4.78 is 5.12. The zero-order chi connectivity index (χ0) is 12.7. The summed E-state index contributed by atoms with van der Waals surface area (Å²) in [5, 5.41) is 3.65. The molecule has 1 aliphatic heterocycles. The minimum atomic E-state index is 0.554. The van der Waals surface area contributed by atoms with Crippen LogP contribution in [0.2, 0.25) is 0 Å². The molecule has 0 spiro atoms. The maximum absolute atomic E-state index is 5.12. The summed E-state index contributed by atoms with van der Waals surface area (Å²) in [6, 6.07) is 1.25. The maximum Gasteiger partial charge on any atom is 0.0476 e. The van der Waals surface area contributed by atoms with Crippen molar-refractivity contribution >= 4 is 0 Å². The monoisotopic (exact) mass is 242 g/mol. The molecule has 1 saturated heterocycles. The Balaban J connectivity index is 2.28. The van der Waals surface area contributed by atoms with E-state index < -0.39 is 0 Å². The Morgan fingerprint density at radius 3 is 2.35 bits per heavy atom. The van der Waals surface area contributed by atoms with Crippen molar-refractivity contribution in [2.24, 2.45) is 5.92 Å². The second kappa shape index (κ2) is 8.06. The highest BCUT2D eigenvalue weighted by Crippen LogP contribution is 2.17. The van der Waals surface area contributed by atoms with Crippen molar-refractivity contribution in [2.45, 2.75) is 52.1 Å². The summed E-state index contributed by atoms with van der Waals surface area (Å²) in [6.07, 6.45) is 3.85. The fraction of sp³-hybridized carbons (Fsp3) is 1.00. The van der Waals surface area contributed by atoms with Crippen LogP contribution in [-0.4, -0.2) is 50.3 Å². The first-order valence-electron chi connectivity index (χ1n) is 7.11. The third kappa shape index (κ3) is 5.36. The van der Waals surface area contributed by atoms with Crippen molar-refractivity contribution in [3.63, 3.8) is 0 Å².